The molecule has 0 aromatic carbocycles. The van der Waals surface area contributed by atoms with Crippen molar-refractivity contribution in [2.24, 2.45) is 0 Å². The van der Waals surface area contributed by atoms with E-state index in [4.69, 9.17) is 5.11 Å². The van der Waals surface area contributed by atoms with Gasteiger partial charge in [0.2, 0.25) is 0 Å². The van der Waals surface area contributed by atoms with Crippen LogP contribution in [0.3, 0.4) is 0 Å². The van der Waals surface area contributed by atoms with Gasteiger partial charge < -0.3 is 10.2 Å². The van der Waals surface area contributed by atoms with Gasteiger partial charge in [0.05, 0.1) is 5.60 Å². The van der Waals surface area contributed by atoms with Crippen molar-refractivity contribution in [3.05, 3.63) is 11.1 Å². The van der Waals surface area contributed by atoms with E-state index in [1.54, 1.807) is 0 Å². The summed E-state index contributed by atoms with van der Waals surface area (Å²) in [4.78, 5) is 0. The molecule has 0 bridgehead atoms. The largest absolute Gasteiger partial charge is 0.396 e. The second kappa shape index (κ2) is 4.03. The van der Waals surface area contributed by atoms with Gasteiger partial charge in [-0.3, -0.25) is 0 Å². The fourth-order valence-corrected chi connectivity index (χ4v) is 2.90. The Hall–Kier alpha value is -0.340. The summed E-state index contributed by atoms with van der Waals surface area (Å²) in [5, 5.41) is 19.1. The lowest BCUT2D eigenvalue weighted by atomic mass is 9.93. The van der Waals surface area contributed by atoms with E-state index in [-0.39, 0.29) is 6.61 Å². The van der Waals surface area contributed by atoms with E-state index < -0.39 is 5.60 Å². The topological polar surface area (TPSA) is 40.5 Å². The molecular formula is C12H20O2. The number of aliphatic hydroxyl groups excluding tert-OH is 1. The molecule has 2 N–H and O–H groups in total. The summed E-state index contributed by atoms with van der Waals surface area (Å²) in [5.74, 6) is 0. The Morgan fingerprint density at radius 3 is 2.14 bits per heavy atom. The van der Waals surface area contributed by atoms with Gasteiger partial charge in [0, 0.05) is 6.61 Å². The molecule has 14 heavy (non-hydrogen) atoms. The fourth-order valence-electron chi connectivity index (χ4n) is 2.90. The number of hydrogen-bond donors (Lipinski definition) is 2. The molecule has 0 spiro atoms. The van der Waals surface area contributed by atoms with Crippen LogP contribution in [0.4, 0.5) is 0 Å². The van der Waals surface area contributed by atoms with Crippen molar-refractivity contribution in [1.29, 1.82) is 0 Å². The Labute approximate surface area is 85.6 Å². The zero-order valence-electron chi connectivity index (χ0n) is 8.76. The van der Waals surface area contributed by atoms with Crippen molar-refractivity contribution in [3.8, 4) is 0 Å². The van der Waals surface area contributed by atoms with Gasteiger partial charge in [-0.25, -0.2) is 0 Å². The third-order valence-corrected chi connectivity index (χ3v) is 3.59. The summed E-state index contributed by atoms with van der Waals surface area (Å²) in [5.41, 5.74) is 2.55. The molecule has 2 aliphatic carbocycles. The summed E-state index contributed by atoms with van der Waals surface area (Å²) >= 11 is 0. The first kappa shape index (κ1) is 10.2. The number of hydrogen-bond acceptors (Lipinski definition) is 2. The maximum absolute atomic E-state index is 10.3. The molecule has 0 radical (unpaired) electrons. The van der Waals surface area contributed by atoms with Gasteiger partial charge in [-0.2, -0.15) is 0 Å². The molecule has 0 aromatic rings. The molecule has 0 aliphatic heterocycles. The highest BCUT2D eigenvalue weighted by Crippen LogP contribution is 2.44. The first-order valence-corrected chi connectivity index (χ1v) is 5.76. The lowest BCUT2D eigenvalue weighted by Gasteiger charge is -2.22. The van der Waals surface area contributed by atoms with E-state index in [9.17, 15) is 5.11 Å². The monoisotopic (exact) mass is 196 g/mol. The Kier molecular flexibility index (Phi) is 2.93. The average molecular weight is 196 g/mol. The minimum absolute atomic E-state index is 0.201. The third-order valence-electron chi connectivity index (χ3n) is 3.59. The van der Waals surface area contributed by atoms with Crippen LogP contribution in [-0.4, -0.2) is 22.4 Å². The molecule has 2 rings (SSSR count). The minimum atomic E-state index is -0.502. The van der Waals surface area contributed by atoms with E-state index in [1.165, 1.54) is 36.8 Å². The standard InChI is InChI=1S/C12H20O2/c13-7-3-6-12(14)8-10-4-1-2-5-11(10)9-12/h13-14H,1-9H2. The van der Waals surface area contributed by atoms with Gasteiger partial charge in [-0.15, -0.1) is 0 Å². The first-order chi connectivity index (χ1) is 6.73. The van der Waals surface area contributed by atoms with Crippen LogP contribution in [0.2, 0.25) is 0 Å². The van der Waals surface area contributed by atoms with Gasteiger partial charge in [-0.05, 0) is 51.4 Å². The Balaban J connectivity index is 1.95. The fraction of sp³-hybridized carbons (Fsp3) is 0.833. The molecule has 2 nitrogen and oxygen atoms in total. The minimum Gasteiger partial charge on any atom is -0.396 e. The van der Waals surface area contributed by atoms with E-state index in [2.05, 4.69) is 0 Å². The van der Waals surface area contributed by atoms with E-state index in [0.29, 0.717) is 0 Å². The zero-order valence-corrected chi connectivity index (χ0v) is 8.76. The Morgan fingerprint density at radius 1 is 1.07 bits per heavy atom. The van der Waals surface area contributed by atoms with Gasteiger partial charge in [0.15, 0.2) is 0 Å². The van der Waals surface area contributed by atoms with Crippen molar-refractivity contribution >= 4 is 0 Å². The van der Waals surface area contributed by atoms with Crippen molar-refractivity contribution in [2.75, 3.05) is 6.61 Å². The molecule has 2 aliphatic rings. The maximum atomic E-state index is 10.3. The van der Waals surface area contributed by atoms with Crippen molar-refractivity contribution in [1.82, 2.24) is 0 Å². The van der Waals surface area contributed by atoms with Crippen LogP contribution in [-0.2, 0) is 0 Å². The average Bonchev–Trinajstić information content (AvgIpc) is 2.51. The molecule has 0 fully saturated rings. The second-order valence-electron chi connectivity index (χ2n) is 4.82. The van der Waals surface area contributed by atoms with Crippen LogP contribution >= 0.6 is 0 Å². The smallest absolute Gasteiger partial charge is 0.0722 e. The molecule has 2 heteroatoms. The third kappa shape index (κ3) is 2.01. The summed E-state index contributed by atoms with van der Waals surface area (Å²) in [6, 6.07) is 0. The number of aliphatic hydroxyl groups is 2. The van der Waals surface area contributed by atoms with Gasteiger partial charge in [-0.1, -0.05) is 11.1 Å². The maximum Gasteiger partial charge on any atom is 0.0722 e. The van der Waals surface area contributed by atoms with E-state index in [1.807, 2.05) is 0 Å². The highest BCUT2D eigenvalue weighted by Gasteiger charge is 2.36. The van der Waals surface area contributed by atoms with E-state index in [0.717, 1.165) is 25.7 Å². The summed E-state index contributed by atoms with van der Waals surface area (Å²) in [7, 11) is 0. The van der Waals surface area contributed by atoms with Crippen molar-refractivity contribution < 1.29 is 10.2 Å². The van der Waals surface area contributed by atoms with Crippen molar-refractivity contribution in [2.45, 2.75) is 57.0 Å². The predicted octanol–water partition coefficient (Wildman–Crippen LogP) is 2.15. The lowest BCUT2D eigenvalue weighted by Crippen LogP contribution is -2.25. The normalized spacial score (nSPS) is 25.3. The van der Waals surface area contributed by atoms with Gasteiger partial charge in [0.1, 0.15) is 0 Å². The molecule has 0 atom stereocenters. The highest BCUT2D eigenvalue weighted by atomic mass is 16.3. The molecule has 0 saturated heterocycles. The molecular weight excluding hydrogens is 176 g/mol. The van der Waals surface area contributed by atoms with Gasteiger partial charge >= 0.3 is 0 Å². The first-order valence-electron chi connectivity index (χ1n) is 5.76. The second-order valence-corrected chi connectivity index (χ2v) is 4.82. The predicted molar refractivity (Wildman–Crippen MR) is 56.0 cm³/mol. The lowest BCUT2D eigenvalue weighted by molar-refractivity contribution is 0.0345. The molecule has 0 amide bonds. The van der Waals surface area contributed by atoms with Gasteiger partial charge in [0.25, 0.3) is 0 Å². The SMILES string of the molecule is OCCCC1(O)CC2=C(CCCC2)C1. The zero-order chi connectivity index (χ0) is 10.0. The van der Waals surface area contributed by atoms with Crippen LogP contribution in [0.1, 0.15) is 51.4 Å². The summed E-state index contributed by atoms with van der Waals surface area (Å²) < 4.78 is 0. The van der Waals surface area contributed by atoms with Crippen LogP contribution in [0, 0.1) is 0 Å². The quantitative estimate of drug-likeness (QED) is 0.679. The van der Waals surface area contributed by atoms with Crippen molar-refractivity contribution in [3.63, 3.8) is 0 Å². The van der Waals surface area contributed by atoms with Crippen LogP contribution in [0.25, 0.3) is 0 Å². The molecule has 0 saturated carbocycles. The number of rotatable bonds is 3. The summed E-state index contributed by atoms with van der Waals surface area (Å²) in [6.45, 7) is 0.201. The van der Waals surface area contributed by atoms with E-state index >= 15 is 0 Å². The Morgan fingerprint density at radius 2 is 1.64 bits per heavy atom. The van der Waals surface area contributed by atoms with Crippen LogP contribution in [0.15, 0.2) is 11.1 Å². The van der Waals surface area contributed by atoms with Crippen LogP contribution in [0.5, 0.6) is 0 Å². The summed E-state index contributed by atoms with van der Waals surface area (Å²) in [6.07, 6.45) is 8.26. The molecule has 0 unspecified atom stereocenters. The highest BCUT2D eigenvalue weighted by molar-refractivity contribution is 5.27. The molecule has 0 heterocycles. The van der Waals surface area contributed by atoms with Crippen LogP contribution < -0.4 is 0 Å². The molecule has 0 aromatic heterocycles. The molecule has 80 valence electrons. The Bertz CT molecular complexity index is 225.